The molecule has 26 heavy (non-hydrogen) atoms. The lowest BCUT2D eigenvalue weighted by Crippen LogP contribution is -2.34. The smallest absolute Gasteiger partial charge is 0.264 e. The summed E-state index contributed by atoms with van der Waals surface area (Å²) in [5.41, 5.74) is 8.63. The predicted molar refractivity (Wildman–Crippen MR) is 104 cm³/mol. The van der Waals surface area contributed by atoms with E-state index in [1.165, 1.54) is 6.07 Å². The number of rotatable bonds is 6. The number of anilines is 1. The molecule has 0 aliphatic heterocycles. The molecule has 1 aliphatic carbocycles. The summed E-state index contributed by atoms with van der Waals surface area (Å²) in [6, 6.07) is 3.10. The molecule has 1 atom stereocenters. The van der Waals surface area contributed by atoms with Crippen LogP contribution in [0.25, 0.3) is 0 Å². The van der Waals surface area contributed by atoms with E-state index in [4.69, 9.17) is 5.73 Å². The normalized spacial score (nSPS) is 16.3. The lowest BCUT2D eigenvalue weighted by atomic mass is 9.90. The Labute approximate surface area is 156 Å². The molecule has 1 aromatic carbocycles. The van der Waals surface area contributed by atoms with Crippen molar-refractivity contribution in [1.82, 2.24) is 10.0 Å². The number of likely N-dealkylation sites (N-methyl/N-ethyl adjacent to an activating group) is 1. The maximum atomic E-state index is 12.8. The minimum atomic E-state index is -3.94. The number of hydrogen-bond acceptors (Lipinski definition) is 5. The van der Waals surface area contributed by atoms with Gasteiger partial charge in [0.15, 0.2) is 0 Å². The molecule has 1 amide bonds. The van der Waals surface area contributed by atoms with Crippen molar-refractivity contribution >= 4 is 21.6 Å². The van der Waals surface area contributed by atoms with Crippen molar-refractivity contribution < 1.29 is 13.2 Å². The van der Waals surface area contributed by atoms with Crippen molar-refractivity contribution in [1.29, 1.82) is 0 Å². The molecule has 6 nitrogen and oxygen atoms in total. The van der Waals surface area contributed by atoms with Crippen molar-refractivity contribution in [3.8, 4) is 0 Å². The summed E-state index contributed by atoms with van der Waals surface area (Å²) in [6.07, 6.45) is 5.11. The summed E-state index contributed by atoms with van der Waals surface area (Å²) >= 11 is 0. The van der Waals surface area contributed by atoms with E-state index in [0.717, 1.165) is 30.4 Å². The Morgan fingerprint density at radius 3 is 2.38 bits per heavy atom. The van der Waals surface area contributed by atoms with Gasteiger partial charge in [0.25, 0.3) is 15.9 Å². The van der Waals surface area contributed by atoms with Gasteiger partial charge in [-0.1, -0.05) is 19.9 Å². The number of carbonyl (C=O) groups excluding carboxylic acids is 1. The van der Waals surface area contributed by atoms with Crippen LogP contribution in [0.5, 0.6) is 0 Å². The average Bonchev–Trinajstić information content (AvgIpc) is 2.59. The standard InChI is InChI=1S/C19H29N3O3S/c1-12(2)17(21-4)11-13(3)19(23)22-26(24,25)18-10-9-16(20)14-7-5-6-8-15(14)18/h9-12,17,21H,5-8,20H2,1-4H3,(H,22,23)/b13-11+/t17-/m1/s1. The highest BCUT2D eigenvalue weighted by Crippen LogP contribution is 2.31. The Morgan fingerprint density at radius 1 is 1.19 bits per heavy atom. The molecule has 144 valence electrons. The number of benzene rings is 1. The maximum absolute atomic E-state index is 12.8. The number of fused-ring (bicyclic) bond motifs is 1. The largest absolute Gasteiger partial charge is 0.398 e. The molecule has 0 saturated heterocycles. The summed E-state index contributed by atoms with van der Waals surface area (Å²) in [6.45, 7) is 5.68. The van der Waals surface area contributed by atoms with E-state index >= 15 is 0 Å². The second-order valence-corrected chi connectivity index (χ2v) is 8.81. The van der Waals surface area contributed by atoms with Gasteiger partial charge in [-0.15, -0.1) is 0 Å². The molecule has 4 N–H and O–H groups in total. The number of amides is 1. The van der Waals surface area contributed by atoms with Gasteiger partial charge in [0, 0.05) is 17.3 Å². The van der Waals surface area contributed by atoms with Gasteiger partial charge in [0.05, 0.1) is 4.90 Å². The second-order valence-electron chi connectivity index (χ2n) is 7.16. The first-order chi connectivity index (χ1) is 12.2. The predicted octanol–water partition coefficient (Wildman–Crippen LogP) is 2.14. The van der Waals surface area contributed by atoms with Crippen molar-refractivity contribution in [3.63, 3.8) is 0 Å². The molecule has 1 aliphatic rings. The molecule has 0 unspecified atom stereocenters. The Morgan fingerprint density at radius 2 is 1.81 bits per heavy atom. The molecule has 7 heteroatoms. The van der Waals surface area contributed by atoms with E-state index in [2.05, 4.69) is 10.0 Å². The topological polar surface area (TPSA) is 101 Å². The first-order valence-electron chi connectivity index (χ1n) is 9.00. The van der Waals surface area contributed by atoms with E-state index in [1.807, 2.05) is 20.9 Å². The van der Waals surface area contributed by atoms with Crippen LogP contribution < -0.4 is 15.8 Å². The highest BCUT2D eigenvalue weighted by atomic mass is 32.2. The van der Waals surface area contributed by atoms with Crippen LogP contribution in [0.3, 0.4) is 0 Å². The van der Waals surface area contributed by atoms with Crippen LogP contribution >= 0.6 is 0 Å². The Balaban J connectivity index is 2.29. The van der Waals surface area contributed by atoms with Crippen LogP contribution in [0, 0.1) is 5.92 Å². The van der Waals surface area contributed by atoms with Crippen molar-refractivity contribution in [2.24, 2.45) is 5.92 Å². The fraction of sp³-hybridized carbons (Fsp3) is 0.526. The molecular formula is C19H29N3O3S. The van der Waals surface area contributed by atoms with Crippen LogP contribution in [0.2, 0.25) is 0 Å². The minimum absolute atomic E-state index is 0.00672. The molecule has 0 radical (unpaired) electrons. The maximum Gasteiger partial charge on any atom is 0.264 e. The summed E-state index contributed by atoms with van der Waals surface area (Å²) in [5, 5.41) is 3.11. The Hall–Kier alpha value is -1.86. The third kappa shape index (κ3) is 4.45. The molecule has 2 rings (SSSR count). The number of hydrogen-bond donors (Lipinski definition) is 3. The summed E-state index contributed by atoms with van der Waals surface area (Å²) < 4.78 is 27.8. The summed E-state index contributed by atoms with van der Waals surface area (Å²) in [7, 11) is -2.13. The second kappa shape index (κ2) is 8.22. The van der Waals surface area contributed by atoms with E-state index in [-0.39, 0.29) is 16.9 Å². The van der Waals surface area contributed by atoms with E-state index < -0.39 is 15.9 Å². The fourth-order valence-electron chi connectivity index (χ4n) is 3.33. The van der Waals surface area contributed by atoms with Gasteiger partial charge in [0.2, 0.25) is 0 Å². The summed E-state index contributed by atoms with van der Waals surface area (Å²) in [4.78, 5) is 12.6. The third-order valence-corrected chi connectivity index (χ3v) is 6.30. The molecule has 1 aromatic rings. The lowest BCUT2D eigenvalue weighted by molar-refractivity contribution is -0.115. The van der Waals surface area contributed by atoms with Crippen LogP contribution in [0.4, 0.5) is 5.69 Å². The number of sulfonamides is 1. The quantitative estimate of drug-likeness (QED) is 0.519. The molecule has 0 spiro atoms. The Kier molecular flexibility index (Phi) is 6.47. The van der Waals surface area contributed by atoms with Crippen LogP contribution in [0.1, 0.15) is 44.7 Å². The zero-order valence-electron chi connectivity index (χ0n) is 15.9. The van der Waals surface area contributed by atoms with Crippen LogP contribution in [-0.4, -0.2) is 27.4 Å². The van der Waals surface area contributed by atoms with Gasteiger partial charge in [-0.25, -0.2) is 13.1 Å². The van der Waals surface area contributed by atoms with E-state index in [0.29, 0.717) is 17.7 Å². The molecule has 0 fully saturated rings. The number of nitrogens with two attached hydrogens (primary N) is 1. The van der Waals surface area contributed by atoms with Gasteiger partial charge in [-0.2, -0.15) is 0 Å². The third-order valence-electron chi connectivity index (χ3n) is 4.88. The lowest BCUT2D eigenvalue weighted by Gasteiger charge is -2.21. The van der Waals surface area contributed by atoms with E-state index in [1.54, 1.807) is 19.1 Å². The highest BCUT2D eigenvalue weighted by Gasteiger charge is 2.26. The van der Waals surface area contributed by atoms with Gasteiger partial charge in [-0.05, 0) is 68.8 Å². The van der Waals surface area contributed by atoms with Crippen molar-refractivity contribution in [3.05, 3.63) is 34.9 Å². The SMILES string of the molecule is CN[C@H](/C=C(\C)C(=O)NS(=O)(=O)c1ccc(N)c2c1CCCC2)C(C)C. The number of nitrogens with one attached hydrogen (secondary N) is 2. The Bertz CT molecular complexity index is 814. The van der Waals surface area contributed by atoms with Crippen molar-refractivity contribution in [2.45, 2.75) is 57.4 Å². The first kappa shape index (κ1) is 20.5. The molecule has 0 heterocycles. The molecule has 0 bridgehead atoms. The fourth-order valence-corrected chi connectivity index (χ4v) is 4.64. The van der Waals surface area contributed by atoms with Crippen LogP contribution in [0.15, 0.2) is 28.7 Å². The highest BCUT2D eigenvalue weighted by molar-refractivity contribution is 7.90. The minimum Gasteiger partial charge on any atom is -0.398 e. The molecule has 0 aromatic heterocycles. The molecule has 0 saturated carbocycles. The van der Waals surface area contributed by atoms with E-state index in [9.17, 15) is 13.2 Å². The number of nitrogen functional groups attached to an aromatic ring is 1. The molecular weight excluding hydrogens is 350 g/mol. The number of carbonyl (C=O) groups is 1. The van der Waals surface area contributed by atoms with Crippen molar-refractivity contribution in [2.75, 3.05) is 12.8 Å². The first-order valence-corrected chi connectivity index (χ1v) is 10.5. The zero-order chi connectivity index (χ0) is 19.5. The zero-order valence-corrected chi connectivity index (χ0v) is 16.7. The monoisotopic (exact) mass is 379 g/mol. The van der Waals surface area contributed by atoms with Crippen LogP contribution in [-0.2, 0) is 27.7 Å². The van der Waals surface area contributed by atoms with Gasteiger partial charge in [-0.3, -0.25) is 4.79 Å². The van der Waals surface area contributed by atoms with Gasteiger partial charge in [0.1, 0.15) is 0 Å². The van der Waals surface area contributed by atoms with Gasteiger partial charge >= 0.3 is 0 Å². The average molecular weight is 380 g/mol. The van der Waals surface area contributed by atoms with Gasteiger partial charge < -0.3 is 11.1 Å². The summed E-state index contributed by atoms with van der Waals surface area (Å²) in [5.74, 6) is -0.323.